The first-order chi connectivity index (χ1) is 10.8. The number of nitrogens with zero attached hydrogens (tertiary/aromatic N) is 1. The number of carbonyl (C=O) groups is 1. The van der Waals surface area contributed by atoms with Crippen molar-refractivity contribution < 1.29 is 9.21 Å². The van der Waals surface area contributed by atoms with E-state index in [2.05, 4.69) is 29.7 Å². The number of furan rings is 1. The Hall–Kier alpha value is -1.81. The molecule has 1 atom stereocenters. The van der Waals surface area contributed by atoms with Gasteiger partial charge in [0, 0.05) is 29.4 Å². The fraction of sp³-hybridized carbons (Fsp3) is 0.389. The summed E-state index contributed by atoms with van der Waals surface area (Å²) >= 11 is 1.75. The number of rotatable bonds is 6. The van der Waals surface area contributed by atoms with Crippen LogP contribution in [0.2, 0.25) is 0 Å². The molecule has 3 nitrogen and oxygen atoms in total. The Morgan fingerprint density at radius 2 is 2.32 bits per heavy atom. The topological polar surface area (TPSA) is 33.5 Å². The van der Waals surface area contributed by atoms with Gasteiger partial charge >= 0.3 is 0 Å². The summed E-state index contributed by atoms with van der Waals surface area (Å²) in [6.45, 7) is 1.41. The monoisotopic (exact) mass is 315 g/mol. The van der Waals surface area contributed by atoms with Crippen LogP contribution in [0.1, 0.15) is 29.7 Å². The third-order valence-electron chi connectivity index (χ3n) is 4.09. The fourth-order valence-corrected chi connectivity index (χ4v) is 3.54. The number of hydrogen-bond donors (Lipinski definition) is 0. The summed E-state index contributed by atoms with van der Waals surface area (Å²) in [5.74, 6) is 0.419. The molecule has 0 aliphatic heterocycles. The first-order valence-corrected chi connectivity index (χ1v) is 8.68. The van der Waals surface area contributed by atoms with Crippen molar-refractivity contribution in [3.63, 3.8) is 0 Å². The van der Waals surface area contributed by atoms with Crippen LogP contribution in [0, 0.1) is 5.92 Å². The van der Waals surface area contributed by atoms with Gasteiger partial charge in [0.05, 0.1) is 12.5 Å². The van der Waals surface area contributed by atoms with Crippen LogP contribution in [0.4, 0.5) is 0 Å². The second kappa shape index (κ2) is 7.45. The van der Waals surface area contributed by atoms with Gasteiger partial charge in [-0.15, -0.1) is 11.3 Å². The van der Waals surface area contributed by atoms with Crippen molar-refractivity contribution in [2.45, 2.75) is 32.2 Å². The molecule has 0 N–H and O–H groups in total. The highest BCUT2D eigenvalue weighted by molar-refractivity contribution is 7.09. The highest BCUT2D eigenvalue weighted by Gasteiger charge is 2.24. The molecule has 2 heterocycles. The number of hydrogen-bond acceptors (Lipinski definition) is 3. The lowest BCUT2D eigenvalue weighted by molar-refractivity contribution is -0.136. The van der Waals surface area contributed by atoms with Gasteiger partial charge in [-0.2, -0.15) is 0 Å². The average Bonchev–Trinajstić information content (AvgIpc) is 3.25. The lowest BCUT2D eigenvalue weighted by Crippen LogP contribution is -2.37. The smallest absolute Gasteiger partial charge is 0.226 e. The van der Waals surface area contributed by atoms with Crippen molar-refractivity contribution in [1.29, 1.82) is 0 Å². The second-order valence-electron chi connectivity index (χ2n) is 5.70. The van der Waals surface area contributed by atoms with E-state index in [0.717, 1.165) is 37.8 Å². The Bertz CT molecular complexity index is 601. The molecule has 1 amide bonds. The fourth-order valence-electron chi connectivity index (χ4n) is 2.85. The van der Waals surface area contributed by atoms with E-state index in [-0.39, 0.29) is 11.8 Å². The maximum Gasteiger partial charge on any atom is 0.226 e. The SMILES string of the molecule is O=C([C@@H]1CC=CCC1)N(CCc1cccs1)Cc1ccoc1. The number of carbonyl (C=O) groups excluding carboxylic acids is 1. The quantitative estimate of drug-likeness (QED) is 0.746. The van der Waals surface area contributed by atoms with E-state index in [1.807, 2.05) is 11.0 Å². The predicted octanol–water partition coefficient (Wildman–Crippen LogP) is 4.27. The highest BCUT2D eigenvalue weighted by Crippen LogP contribution is 2.22. The number of thiophene rings is 1. The van der Waals surface area contributed by atoms with Gasteiger partial charge in [0.25, 0.3) is 0 Å². The molecular formula is C18H21NO2S. The van der Waals surface area contributed by atoms with Crippen molar-refractivity contribution >= 4 is 17.2 Å². The molecular weight excluding hydrogens is 294 g/mol. The Labute approximate surface area is 135 Å². The highest BCUT2D eigenvalue weighted by atomic mass is 32.1. The molecule has 0 bridgehead atoms. The zero-order valence-electron chi connectivity index (χ0n) is 12.6. The van der Waals surface area contributed by atoms with Gasteiger partial charge in [0.2, 0.25) is 5.91 Å². The molecule has 0 unspecified atom stereocenters. The van der Waals surface area contributed by atoms with Gasteiger partial charge in [-0.3, -0.25) is 4.79 Å². The molecule has 0 aromatic carbocycles. The minimum atomic E-state index is 0.139. The van der Waals surface area contributed by atoms with Crippen LogP contribution in [-0.2, 0) is 17.8 Å². The molecule has 0 saturated carbocycles. The Morgan fingerprint density at radius 1 is 1.36 bits per heavy atom. The third kappa shape index (κ3) is 3.89. The van der Waals surface area contributed by atoms with Gasteiger partial charge < -0.3 is 9.32 Å². The van der Waals surface area contributed by atoms with Gasteiger partial charge in [-0.25, -0.2) is 0 Å². The Morgan fingerprint density at radius 3 is 3.00 bits per heavy atom. The molecule has 0 radical (unpaired) electrons. The zero-order valence-corrected chi connectivity index (χ0v) is 13.4. The molecule has 0 saturated heterocycles. The predicted molar refractivity (Wildman–Crippen MR) is 88.6 cm³/mol. The van der Waals surface area contributed by atoms with E-state index in [9.17, 15) is 4.79 Å². The first-order valence-electron chi connectivity index (χ1n) is 7.80. The summed E-state index contributed by atoms with van der Waals surface area (Å²) < 4.78 is 5.14. The lowest BCUT2D eigenvalue weighted by atomic mass is 9.93. The van der Waals surface area contributed by atoms with Gasteiger partial charge in [0.1, 0.15) is 0 Å². The van der Waals surface area contributed by atoms with E-state index >= 15 is 0 Å². The molecule has 116 valence electrons. The minimum absolute atomic E-state index is 0.139. The molecule has 0 fully saturated rings. The normalized spacial score (nSPS) is 17.5. The molecule has 1 aliphatic rings. The maximum atomic E-state index is 12.8. The van der Waals surface area contributed by atoms with Crippen LogP contribution in [-0.4, -0.2) is 17.4 Å². The summed E-state index contributed by atoms with van der Waals surface area (Å²) in [7, 11) is 0. The third-order valence-corrected chi connectivity index (χ3v) is 5.03. The van der Waals surface area contributed by atoms with E-state index in [1.165, 1.54) is 4.88 Å². The van der Waals surface area contributed by atoms with E-state index < -0.39 is 0 Å². The van der Waals surface area contributed by atoms with Gasteiger partial charge in [0.15, 0.2) is 0 Å². The summed E-state index contributed by atoms with van der Waals surface area (Å²) in [6.07, 6.45) is 11.5. The summed E-state index contributed by atoms with van der Waals surface area (Å²) in [6, 6.07) is 6.13. The van der Waals surface area contributed by atoms with Crippen molar-refractivity contribution in [3.05, 3.63) is 58.7 Å². The molecule has 4 heteroatoms. The largest absolute Gasteiger partial charge is 0.472 e. The van der Waals surface area contributed by atoms with Crippen LogP contribution >= 0.6 is 11.3 Å². The standard InChI is InChI=1S/C18H21NO2S/c20-18(16-5-2-1-3-6-16)19(13-15-9-11-21-14-15)10-8-17-7-4-12-22-17/h1-2,4,7,9,11-12,14,16H,3,5-6,8,10,13H2/t16-/m1/s1. The Balaban J connectivity index is 1.66. The Kier molecular flexibility index (Phi) is 5.11. The van der Waals surface area contributed by atoms with Crippen molar-refractivity contribution in [3.8, 4) is 0 Å². The molecule has 1 aliphatic carbocycles. The molecule has 0 spiro atoms. The zero-order chi connectivity index (χ0) is 15.2. The first kappa shape index (κ1) is 15.1. The van der Waals surface area contributed by atoms with E-state index in [1.54, 1.807) is 23.9 Å². The summed E-state index contributed by atoms with van der Waals surface area (Å²) in [4.78, 5) is 16.2. The maximum absolute atomic E-state index is 12.8. The minimum Gasteiger partial charge on any atom is -0.472 e. The van der Waals surface area contributed by atoms with E-state index in [0.29, 0.717) is 6.54 Å². The van der Waals surface area contributed by atoms with Crippen molar-refractivity contribution in [1.82, 2.24) is 4.90 Å². The summed E-state index contributed by atoms with van der Waals surface area (Å²) in [5.41, 5.74) is 1.06. The number of amides is 1. The molecule has 2 aromatic heterocycles. The summed E-state index contributed by atoms with van der Waals surface area (Å²) in [5, 5.41) is 2.09. The lowest BCUT2D eigenvalue weighted by Gasteiger charge is -2.27. The number of allylic oxidation sites excluding steroid dienone is 2. The van der Waals surface area contributed by atoms with Crippen LogP contribution < -0.4 is 0 Å². The average molecular weight is 315 g/mol. The van der Waals surface area contributed by atoms with Crippen molar-refractivity contribution in [2.24, 2.45) is 5.92 Å². The molecule has 3 rings (SSSR count). The van der Waals surface area contributed by atoms with Crippen LogP contribution in [0.25, 0.3) is 0 Å². The van der Waals surface area contributed by atoms with Gasteiger partial charge in [-0.1, -0.05) is 18.2 Å². The van der Waals surface area contributed by atoms with Crippen molar-refractivity contribution in [2.75, 3.05) is 6.54 Å². The second-order valence-corrected chi connectivity index (χ2v) is 6.73. The van der Waals surface area contributed by atoms with Crippen LogP contribution in [0.5, 0.6) is 0 Å². The van der Waals surface area contributed by atoms with Crippen LogP contribution in [0.15, 0.2) is 52.7 Å². The molecule has 2 aromatic rings. The van der Waals surface area contributed by atoms with Gasteiger partial charge in [-0.05, 0) is 43.2 Å². The molecule has 22 heavy (non-hydrogen) atoms. The van der Waals surface area contributed by atoms with E-state index in [4.69, 9.17) is 4.42 Å². The van der Waals surface area contributed by atoms with Crippen LogP contribution in [0.3, 0.4) is 0 Å².